The number of aryl methyl sites for hydroxylation is 1. The molecule has 2 fully saturated rings. The maximum Gasteiger partial charge on any atom is 0.490 e. The number of aromatic nitrogens is 8. The van der Waals surface area contributed by atoms with Crippen LogP contribution in [0.2, 0.25) is 0 Å². The van der Waals surface area contributed by atoms with Crippen LogP contribution in [0.1, 0.15) is 12.5 Å². The van der Waals surface area contributed by atoms with E-state index in [0.717, 1.165) is 6.33 Å². The summed E-state index contributed by atoms with van der Waals surface area (Å²) in [5, 5.41) is 32.2. The SMILES string of the molecule is CO[C@@H]1[C@H](O)[C@@H](COP(=O)(O)OP(=O)(O)OP(=O)(O)OC[C@H]2O[C@@H]([n+]3cn(C)c4c(=O)[nH]c(N(C)C)nc43)[C@H](O)[C@@H]2O)O[C@H]1n1cnc2c(N)ncnc21. The molecule has 4 aromatic heterocycles. The number of nitrogens with one attached hydrogen (secondary N) is 1. The molecule has 6 rings (SSSR count). The monoisotopic (exact) mass is 829 g/mol. The molecular formula is C24H36N10O17P3+. The van der Waals surface area contributed by atoms with Crippen LogP contribution in [0.5, 0.6) is 0 Å². The van der Waals surface area contributed by atoms with Gasteiger partial charge in [-0.1, -0.05) is 4.98 Å². The number of aliphatic hydroxyl groups is 3. The number of nitrogens with two attached hydrogens (primary N) is 1. The second-order valence-corrected chi connectivity index (χ2v) is 16.8. The van der Waals surface area contributed by atoms with Crippen LogP contribution >= 0.6 is 23.5 Å². The van der Waals surface area contributed by atoms with Crippen molar-refractivity contribution in [1.82, 2.24) is 34.1 Å². The van der Waals surface area contributed by atoms with E-state index in [4.69, 9.17) is 24.5 Å². The number of fused-ring (bicyclic) bond motifs is 2. The van der Waals surface area contributed by atoms with Crippen molar-refractivity contribution < 1.29 is 80.1 Å². The fraction of sp³-hybridized carbons (Fsp3) is 0.583. The van der Waals surface area contributed by atoms with Gasteiger partial charge in [0.05, 0.1) is 26.6 Å². The minimum atomic E-state index is -5.95. The minimum absolute atomic E-state index is 0.0489. The summed E-state index contributed by atoms with van der Waals surface area (Å²) in [7, 11) is -11.2. The second-order valence-electron chi connectivity index (χ2n) is 12.1. The Bertz CT molecular complexity index is 2240. The number of methoxy groups -OCH3 is 1. The third-order valence-electron chi connectivity index (χ3n) is 8.26. The predicted molar refractivity (Wildman–Crippen MR) is 176 cm³/mol. The van der Waals surface area contributed by atoms with E-state index in [9.17, 15) is 48.5 Å². The van der Waals surface area contributed by atoms with Crippen molar-refractivity contribution in [3.05, 3.63) is 29.3 Å². The summed E-state index contributed by atoms with van der Waals surface area (Å²) in [6, 6.07) is 0. The van der Waals surface area contributed by atoms with Crippen LogP contribution in [-0.4, -0.2) is 135 Å². The Morgan fingerprint density at radius 2 is 1.59 bits per heavy atom. The molecule has 27 nitrogen and oxygen atoms in total. The van der Waals surface area contributed by atoms with Crippen LogP contribution in [0, 0.1) is 0 Å². The molecule has 2 aliphatic heterocycles. The van der Waals surface area contributed by atoms with Gasteiger partial charge >= 0.3 is 29.1 Å². The fourth-order valence-corrected chi connectivity index (χ4v) is 9.31. The van der Waals surface area contributed by atoms with Gasteiger partial charge in [0.1, 0.15) is 48.5 Å². The van der Waals surface area contributed by atoms with Gasteiger partial charge in [-0.3, -0.25) is 28.0 Å². The maximum atomic E-state index is 12.7. The highest BCUT2D eigenvalue weighted by molar-refractivity contribution is 7.66. The number of aromatic amines is 1. The zero-order valence-corrected chi connectivity index (χ0v) is 31.1. The summed E-state index contributed by atoms with van der Waals surface area (Å²) in [6.07, 6.45) is -7.82. The van der Waals surface area contributed by atoms with Gasteiger partial charge in [0.15, 0.2) is 24.0 Å². The summed E-state index contributed by atoms with van der Waals surface area (Å²) in [4.78, 5) is 63.5. The molecule has 4 aromatic rings. The van der Waals surface area contributed by atoms with Gasteiger partial charge in [0.25, 0.3) is 11.5 Å². The number of phosphoric ester groups is 2. The second kappa shape index (κ2) is 15.0. The van der Waals surface area contributed by atoms with Gasteiger partial charge in [0, 0.05) is 21.2 Å². The number of H-pyrrole nitrogens is 1. The molecular weight excluding hydrogens is 793 g/mol. The number of anilines is 2. The van der Waals surface area contributed by atoms with E-state index in [1.54, 1.807) is 14.1 Å². The van der Waals surface area contributed by atoms with E-state index >= 15 is 0 Å². The van der Waals surface area contributed by atoms with E-state index < -0.39 is 91.3 Å². The molecule has 30 heteroatoms. The lowest BCUT2D eigenvalue weighted by Gasteiger charge is -2.21. The van der Waals surface area contributed by atoms with E-state index in [2.05, 4.69) is 38.1 Å². The molecule has 298 valence electrons. The number of nitrogens with zero attached hydrogens (tertiary/aromatic N) is 8. The number of hydrogen-bond donors (Lipinski definition) is 8. The Labute approximate surface area is 302 Å². The average Bonchev–Trinajstić information content (AvgIpc) is 3.81. The molecule has 2 saturated heterocycles. The Morgan fingerprint density at radius 1 is 0.963 bits per heavy atom. The first-order valence-corrected chi connectivity index (χ1v) is 19.9. The molecule has 6 heterocycles. The summed E-state index contributed by atoms with van der Waals surface area (Å²) in [5.74, 6) is 0.217. The third kappa shape index (κ3) is 7.99. The number of ether oxygens (including phenoxy) is 3. The first-order chi connectivity index (χ1) is 25.2. The standard InChI is InChI=1S/C24H35N10O17P3/c1-31(2)24-29-20-13(21(38)30-24)32(3)9-34(20)22-16(37)14(35)10(48-22)5-46-52(39,40)50-54(43,44)51-53(41,42)47-6-11-15(36)17(45-4)23(49-11)33-8-28-12-18(25)26-7-27-19(12)33/h7-11,14-17,22-23,35-37H,5-6H2,1-4H3,(H5-,25,26,27,29,30,38,39,40,41,42,43,44)/p+1/t10-,11-,14-,15-,16-,17-,22-,23-/m1/s1. The van der Waals surface area contributed by atoms with Gasteiger partial charge in [0.2, 0.25) is 11.7 Å². The molecule has 54 heavy (non-hydrogen) atoms. The smallest absolute Gasteiger partial charge is 0.387 e. The summed E-state index contributed by atoms with van der Waals surface area (Å²) in [5.41, 5.74) is 5.84. The lowest BCUT2D eigenvalue weighted by molar-refractivity contribution is -0.745. The Hall–Kier alpha value is -3.33. The quantitative estimate of drug-likeness (QED) is 0.0473. The molecule has 3 unspecified atom stereocenters. The highest BCUT2D eigenvalue weighted by Gasteiger charge is 2.50. The molecule has 2 aliphatic rings. The Kier molecular flexibility index (Phi) is 11.2. The zero-order chi connectivity index (χ0) is 39.5. The van der Waals surface area contributed by atoms with Crippen molar-refractivity contribution in [1.29, 1.82) is 0 Å². The minimum Gasteiger partial charge on any atom is -0.387 e. The van der Waals surface area contributed by atoms with Crippen molar-refractivity contribution in [3.8, 4) is 0 Å². The molecule has 0 amide bonds. The van der Waals surface area contributed by atoms with Crippen molar-refractivity contribution in [2.75, 3.05) is 45.1 Å². The number of aliphatic hydroxyl groups excluding tert-OH is 3. The molecule has 0 radical (unpaired) electrons. The summed E-state index contributed by atoms with van der Waals surface area (Å²) < 4.78 is 76.1. The molecule has 0 bridgehead atoms. The van der Waals surface area contributed by atoms with Crippen LogP contribution in [0.15, 0.2) is 23.8 Å². The number of hydrogen-bond acceptors (Lipinski definition) is 20. The lowest BCUT2D eigenvalue weighted by atomic mass is 10.1. The van der Waals surface area contributed by atoms with Crippen LogP contribution in [-0.2, 0) is 52.6 Å². The normalized spacial score (nSPS) is 29.4. The molecule has 9 N–H and O–H groups in total. The van der Waals surface area contributed by atoms with Crippen molar-refractivity contribution in [2.45, 2.75) is 49.1 Å². The topological polar surface area (TPSA) is 365 Å². The number of nitrogen functional groups attached to an aromatic ring is 1. The molecule has 0 spiro atoms. The zero-order valence-electron chi connectivity index (χ0n) is 28.4. The largest absolute Gasteiger partial charge is 0.490 e. The first kappa shape index (κ1) is 40.3. The number of imidazole rings is 2. The molecule has 0 aliphatic carbocycles. The first-order valence-electron chi connectivity index (χ1n) is 15.4. The van der Waals surface area contributed by atoms with Crippen LogP contribution in [0.3, 0.4) is 0 Å². The van der Waals surface area contributed by atoms with E-state index in [0.29, 0.717) is 0 Å². The average molecular weight is 830 g/mol. The van der Waals surface area contributed by atoms with Crippen LogP contribution in [0.25, 0.3) is 22.3 Å². The highest BCUT2D eigenvalue weighted by atomic mass is 31.3. The van der Waals surface area contributed by atoms with Crippen molar-refractivity contribution in [3.63, 3.8) is 0 Å². The van der Waals surface area contributed by atoms with Gasteiger partial charge in [-0.25, -0.2) is 33.2 Å². The van der Waals surface area contributed by atoms with Crippen molar-refractivity contribution >= 4 is 57.6 Å². The highest BCUT2D eigenvalue weighted by Crippen LogP contribution is 2.67. The number of rotatable bonds is 14. The van der Waals surface area contributed by atoms with E-state index in [-0.39, 0.29) is 34.1 Å². The van der Waals surface area contributed by atoms with E-state index in [1.165, 1.54) is 45.4 Å². The molecule has 11 atom stereocenters. The van der Waals surface area contributed by atoms with E-state index in [1.807, 2.05) is 0 Å². The maximum absolute atomic E-state index is 12.7. The Morgan fingerprint density at radius 3 is 2.20 bits per heavy atom. The summed E-state index contributed by atoms with van der Waals surface area (Å²) in [6.45, 7) is -1.99. The fourth-order valence-electron chi connectivity index (χ4n) is 5.78. The summed E-state index contributed by atoms with van der Waals surface area (Å²) >= 11 is 0. The van der Waals surface area contributed by atoms with Crippen molar-refractivity contribution in [2.24, 2.45) is 7.05 Å². The van der Waals surface area contributed by atoms with Gasteiger partial charge in [-0.05, 0) is 0 Å². The Balaban J connectivity index is 1.06. The molecule has 0 saturated carbocycles. The molecule has 0 aromatic carbocycles. The lowest BCUT2D eigenvalue weighted by Crippen LogP contribution is -2.46. The predicted octanol–water partition coefficient (Wildman–Crippen LogP) is -2.70. The van der Waals surface area contributed by atoms with Crippen LogP contribution < -0.4 is 20.8 Å². The van der Waals surface area contributed by atoms with Gasteiger partial charge < -0.3 is 54.8 Å². The third-order valence-corrected chi connectivity index (χ3v) is 12.5. The van der Waals surface area contributed by atoms with Gasteiger partial charge in [-0.15, -0.1) is 0 Å². The van der Waals surface area contributed by atoms with Crippen LogP contribution in [0.4, 0.5) is 11.8 Å². The van der Waals surface area contributed by atoms with Gasteiger partial charge in [-0.2, -0.15) is 8.62 Å². The number of phosphoric acid groups is 3.